The van der Waals surface area contributed by atoms with Crippen molar-refractivity contribution in [3.05, 3.63) is 70.1 Å². The van der Waals surface area contributed by atoms with E-state index in [2.05, 4.69) is 10.2 Å². The fourth-order valence-electron chi connectivity index (χ4n) is 2.82. The Hall–Kier alpha value is -2.44. The van der Waals surface area contributed by atoms with Crippen molar-refractivity contribution >= 4 is 5.91 Å². The van der Waals surface area contributed by atoms with E-state index in [1.54, 1.807) is 16.8 Å². The van der Waals surface area contributed by atoms with Gasteiger partial charge in [-0.05, 0) is 11.6 Å². The summed E-state index contributed by atoms with van der Waals surface area (Å²) in [5.74, 6) is -0.157. The van der Waals surface area contributed by atoms with E-state index < -0.39 is 0 Å². The van der Waals surface area contributed by atoms with Gasteiger partial charge in [-0.3, -0.25) is 14.5 Å². The lowest BCUT2D eigenvalue weighted by Crippen LogP contribution is -2.41. The number of hydrogen-bond acceptors (Lipinski definition) is 4. The third-order valence-corrected chi connectivity index (χ3v) is 4.26. The normalized spacial score (nSPS) is 15.0. The van der Waals surface area contributed by atoms with E-state index in [1.807, 2.05) is 30.3 Å². The van der Waals surface area contributed by atoms with Crippen LogP contribution in [0.3, 0.4) is 0 Å². The van der Waals surface area contributed by atoms with E-state index in [4.69, 9.17) is 4.74 Å². The third-order valence-electron chi connectivity index (χ3n) is 4.26. The van der Waals surface area contributed by atoms with Gasteiger partial charge in [0.2, 0.25) is 0 Å². The molecule has 0 bridgehead atoms. The molecule has 0 spiro atoms. The average molecular weight is 341 g/mol. The maximum absolute atomic E-state index is 12.3. The highest BCUT2D eigenvalue weighted by Crippen LogP contribution is 2.03. The molecule has 2 aromatic rings. The van der Waals surface area contributed by atoms with Crippen molar-refractivity contribution in [2.75, 3.05) is 39.4 Å². The summed E-state index contributed by atoms with van der Waals surface area (Å²) in [5, 5.41) is 2.92. The van der Waals surface area contributed by atoms with Crippen molar-refractivity contribution < 1.29 is 9.53 Å². The van der Waals surface area contributed by atoms with Gasteiger partial charge in [0.1, 0.15) is 0 Å². The zero-order valence-electron chi connectivity index (χ0n) is 14.2. The van der Waals surface area contributed by atoms with Crippen LogP contribution in [0.1, 0.15) is 15.9 Å². The number of pyridine rings is 1. The Morgan fingerprint density at radius 3 is 2.60 bits per heavy atom. The molecule has 25 heavy (non-hydrogen) atoms. The van der Waals surface area contributed by atoms with Crippen LogP contribution >= 0.6 is 0 Å². The number of hydrogen-bond donors (Lipinski definition) is 1. The molecule has 0 unspecified atom stereocenters. The van der Waals surface area contributed by atoms with E-state index in [-0.39, 0.29) is 11.5 Å². The summed E-state index contributed by atoms with van der Waals surface area (Å²) in [6.07, 6.45) is 1.62. The number of amides is 1. The van der Waals surface area contributed by atoms with Gasteiger partial charge in [0.25, 0.3) is 11.5 Å². The number of carbonyl (C=O) groups excluding carboxylic acids is 1. The van der Waals surface area contributed by atoms with Crippen LogP contribution < -0.4 is 10.9 Å². The van der Waals surface area contributed by atoms with Crippen LogP contribution in [-0.2, 0) is 11.3 Å². The van der Waals surface area contributed by atoms with Gasteiger partial charge in [-0.15, -0.1) is 0 Å². The highest BCUT2D eigenvalue weighted by molar-refractivity contribution is 5.93. The number of nitrogens with zero attached hydrogens (tertiary/aromatic N) is 2. The first-order valence-corrected chi connectivity index (χ1v) is 8.55. The molecule has 1 aromatic heterocycles. The minimum absolute atomic E-state index is 0.117. The standard InChI is InChI=1S/C19H23N3O3/c23-18-7-6-17(15-22(18)14-16-4-2-1-3-5-16)19(24)20-8-9-21-10-12-25-13-11-21/h1-7,15H,8-14H2,(H,20,24). The lowest BCUT2D eigenvalue weighted by atomic mass is 10.2. The monoisotopic (exact) mass is 341 g/mol. The van der Waals surface area contributed by atoms with Gasteiger partial charge in [0, 0.05) is 38.4 Å². The van der Waals surface area contributed by atoms with Gasteiger partial charge in [-0.2, -0.15) is 0 Å². The fourth-order valence-corrected chi connectivity index (χ4v) is 2.82. The molecule has 3 rings (SSSR count). The van der Waals surface area contributed by atoms with Gasteiger partial charge in [-0.1, -0.05) is 30.3 Å². The van der Waals surface area contributed by atoms with Crippen LogP contribution in [0.2, 0.25) is 0 Å². The number of nitrogens with one attached hydrogen (secondary N) is 1. The van der Waals surface area contributed by atoms with Crippen LogP contribution in [0.4, 0.5) is 0 Å². The number of carbonyl (C=O) groups is 1. The maximum atomic E-state index is 12.3. The quantitative estimate of drug-likeness (QED) is 0.850. The SMILES string of the molecule is O=C(NCCN1CCOCC1)c1ccc(=O)n(Cc2ccccc2)c1. The predicted molar refractivity (Wildman–Crippen MR) is 95.8 cm³/mol. The molecule has 1 saturated heterocycles. The highest BCUT2D eigenvalue weighted by atomic mass is 16.5. The summed E-state index contributed by atoms with van der Waals surface area (Å²) in [4.78, 5) is 26.6. The molecule has 1 aliphatic rings. The first-order valence-electron chi connectivity index (χ1n) is 8.55. The number of ether oxygens (including phenoxy) is 1. The van der Waals surface area contributed by atoms with E-state index in [0.29, 0.717) is 18.7 Å². The summed E-state index contributed by atoms with van der Waals surface area (Å²) < 4.78 is 6.87. The van der Waals surface area contributed by atoms with Crippen LogP contribution in [0.15, 0.2) is 53.5 Å². The predicted octanol–water partition coefficient (Wildman–Crippen LogP) is 0.959. The Morgan fingerprint density at radius 1 is 1.08 bits per heavy atom. The van der Waals surface area contributed by atoms with Crippen LogP contribution in [0, 0.1) is 0 Å². The molecule has 1 fully saturated rings. The van der Waals surface area contributed by atoms with Crippen molar-refractivity contribution in [1.82, 2.24) is 14.8 Å². The van der Waals surface area contributed by atoms with Crippen molar-refractivity contribution in [1.29, 1.82) is 0 Å². The number of benzene rings is 1. The minimum atomic E-state index is -0.157. The van der Waals surface area contributed by atoms with Gasteiger partial charge in [0.15, 0.2) is 0 Å². The van der Waals surface area contributed by atoms with Crippen molar-refractivity contribution in [3.63, 3.8) is 0 Å². The molecule has 132 valence electrons. The fraction of sp³-hybridized carbons (Fsp3) is 0.368. The number of rotatable bonds is 6. The van der Waals surface area contributed by atoms with E-state index in [0.717, 1.165) is 38.4 Å². The average Bonchev–Trinajstić information content (AvgIpc) is 2.65. The van der Waals surface area contributed by atoms with Crippen molar-refractivity contribution in [2.45, 2.75) is 6.54 Å². The molecule has 1 aromatic carbocycles. The second-order valence-electron chi connectivity index (χ2n) is 6.08. The van der Waals surface area contributed by atoms with E-state index >= 15 is 0 Å². The molecule has 0 radical (unpaired) electrons. The van der Waals surface area contributed by atoms with Crippen molar-refractivity contribution in [2.24, 2.45) is 0 Å². The maximum Gasteiger partial charge on any atom is 0.252 e. The third kappa shape index (κ3) is 5.01. The zero-order valence-corrected chi connectivity index (χ0v) is 14.2. The molecule has 1 amide bonds. The van der Waals surface area contributed by atoms with Crippen molar-refractivity contribution in [3.8, 4) is 0 Å². The van der Waals surface area contributed by atoms with E-state index in [1.165, 1.54) is 6.07 Å². The second-order valence-corrected chi connectivity index (χ2v) is 6.08. The highest BCUT2D eigenvalue weighted by Gasteiger charge is 2.11. The topological polar surface area (TPSA) is 63.6 Å². The van der Waals surface area contributed by atoms with Gasteiger partial charge in [0.05, 0.1) is 25.3 Å². The molecule has 1 N–H and O–H groups in total. The first-order chi connectivity index (χ1) is 12.2. The Kier molecular flexibility index (Phi) is 5.98. The minimum Gasteiger partial charge on any atom is -0.379 e. The van der Waals surface area contributed by atoms with Gasteiger partial charge in [-0.25, -0.2) is 0 Å². The summed E-state index contributed by atoms with van der Waals surface area (Å²) in [6, 6.07) is 12.7. The Bertz CT molecular complexity index is 752. The molecule has 6 nitrogen and oxygen atoms in total. The molecule has 2 heterocycles. The van der Waals surface area contributed by atoms with Crippen LogP contribution in [0.25, 0.3) is 0 Å². The molecule has 0 aliphatic carbocycles. The van der Waals surface area contributed by atoms with Crippen LogP contribution in [-0.4, -0.2) is 54.8 Å². The van der Waals surface area contributed by atoms with E-state index in [9.17, 15) is 9.59 Å². The first kappa shape index (κ1) is 17.4. The van der Waals surface area contributed by atoms with Gasteiger partial charge >= 0.3 is 0 Å². The molecular formula is C19H23N3O3. The summed E-state index contributed by atoms with van der Waals surface area (Å²) in [5.41, 5.74) is 1.40. The zero-order chi connectivity index (χ0) is 17.5. The molecule has 1 aliphatic heterocycles. The molecule has 0 atom stereocenters. The molecule has 0 saturated carbocycles. The lowest BCUT2D eigenvalue weighted by molar-refractivity contribution is 0.0383. The Morgan fingerprint density at radius 2 is 1.84 bits per heavy atom. The second kappa shape index (κ2) is 8.60. The molecule has 6 heteroatoms. The number of morpholine rings is 1. The van der Waals surface area contributed by atoms with Gasteiger partial charge < -0.3 is 14.6 Å². The summed E-state index contributed by atoms with van der Waals surface area (Å²) >= 11 is 0. The number of aromatic nitrogens is 1. The Labute approximate surface area is 147 Å². The Balaban J connectivity index is 1.58. The largest absolute Gasteiger partial charge is 0.379 e. The lowest BCUT2D eigenvalue weighted by Gasteiger charge is -2.26. The smallest absolute Gasteiger partial charge is 0.252 e. The summed E-state index contributed by atoms with van der Waals surface area (Å²) in [6.45, 7) is 5.14. The molecular weight excluding hydrogens is 318 g/mol. The van der Waals surface area contributed by atoms with Crippen LogP contribution in [0.5, 0.6) is 0 Å². The summed E-state index contributed by atoms with van der Waals surface area (Å²) in [7, 11) is 0.